The molecule has 1 saturated carbocycles. The Balaban J connectivity index is 1.51. The van der Waals surface area contributed by atoms with E-state index in [0.29, 0.717) is 0 Å². The lowest BCUT2D eigenvalue weighted by atomic mass is 9.87. The maximum Gasteiger partial charge on any atom is 0.102 e. The van der Waals surface area contributed by atoms with Gasteiger partial charge in [-0.1, -0.05) is 0 Å². The first-order chi connectivity index (χ1) is 9.28. The average molecular weight is 269 g/mol. The first kappa shape index (κ1) is 13.8. The van der Waals surface area contributed by atoms with Crippen LogP contribution in [0.5, 0.6) is 0 Å². The van der Waals surface area contributed by atoms with Gasteiger partial charge >= 0.3 is 0 Å². The average Bonchev–Trinajstić information content (AvgIpc) is 2.49. The van der Waals surface area contributed by atoms with Crippen LogP contribution in [0.4, 0.5) is 0 Å². The topological polar surface area (TPSA) is 21.7 Å². The van der Waals surface area contributed by atoms with Crippen molar-refractivity contribution in [3.8, 4) is 0 Å². The van der Waals surface area contributed by atoms with E-state index in [2.05, 4.69) is 11.9 Å². The Bertz CT molecular complexity index is 278. The van der Waals surface area contributed by atoms with Crippen molar-refractivity contribution in [2.24, 2.45) is 0 Å². The summed E-state index contributed by atoms with van der Waals surface area (Å²) in [6, 6.07) is 1.70. The van der Waals surface area contributed by atoms with E-state index in [1.165, 1.54) is 43.3 Å². The van der Waals surface area contributed by atoms with Gasteiger partial charge in [0.05, 0.1) is 39.5 Å². The molecule has 2 saturated heterocycles. The van der Waals surface area contributed by atoms with E-state index in [1.54, 1.807) is 0 Å². The quantitative estimate of drug-likeness (QED) is 0.701. The molecule has 0 bridgehead atoms. The van der Waals surface area contributed by atoms with Crippen LogP contribution in [0.3, 0.4) is 0 Å². The summed E-state index contributed by atoms with van der Waals surface area (Å²) in [5, 5.41) is 0. The number of nitrogens with zero attached hydrogens (tertiary/aromatic N) is 2. The first-order valence-corrected chi connectivity index (χ1v) is 8.02. The van der Waals surface area contributed by atoms with Gasteiger partial charge in [-0.3, -0.25) is 4.90 Å². The number of ether oxygens (including phenoxy) is 2. The Morgan fingerprint density at radius 2 is 1.42 bits per heavy atom. The van der Waals surface area contributed by atoms with E-state index in [0.717, 1.165) is 51.6 Å². The minimum Gasteiger partial charge on any atom is -0.379 e. The smallest absolute Gasteiger partial charge is 0.102 e. The van der Waals surface area contributed by atoms with E-state index in [1.807, 2.05) is 0 Å². The van der Waals surface area contributed by atoms with Crippen molar-refractivity contribution in [2.45, 2.75) is 37.8 Å². The van der Waals surface area contributed by atoms with Gasteiger partial charge in [0.1, 0.15) is 13.1 Å². The SMILES string of the molecule is C[N+]1(C2CCC(N3CCOCC3)CC2)CCOCC1. The zero-order valence-electron chi connectivity index (χ0n) is 12.4. The van der Waals surface area contributed by atoms with Crippen LogP contribution in [0.2, 0.25) is 0 Å². The minimum absolute atomic E-state index is 0.827. The lowest BCUT2D eigenvalue weighted by molar-refractivity contribution is -0.941. The molecule has 3 rings (SSSR count). The molecule has 3 fully saturated rings. The Hall–Kier alpha value is -0.160. The molecule has 1 aliphatic carbocycles. The summed E-state index contributed by atoms with van der Waals surface area (Å²) in [6.45, 7) is 8.51. The van der Waals surface area contributed by atoms with Gasteiger partial charge in [-0.15, -0.1) is 0 Å². The lowest BCUT2D eigenvalue weighted by Gasteiger charge is -2.48. The summed E-state index contributed by atoms with van der Waals surface area (Å²) in [4.78, 5) is 2.67. The van der Waals surface area contributed by atoms with E-state index in [9.17, 15) is 0 Å². The first-order valence-electron chi connectivity index (χ1n) is 8.02. The van der Waals surface area contributed by atoms with Gasteiger partial charge in [0.15, 0.2) is 0 Å². The molecule has 0 atom stereocenters. The van der Waals surface area contributed by atoms with Crippen LogP contribution < -0.4 is 0 Å². The predicted molar refractivity (Wildman–Crippen MR) is 75.2 cm³/mol. The fourth-order valence-electron chi connectivity index (χ4n) is 4.11. The molecule has 0 spiro atoms. The monoisotopic (exact) mass is 269 g/mol. The van der Waals surface area contributed by atoms with Crippen molar-refractivity contribution < 1.29 is 14.0 Å². The molecular formula is C15H29N2O2+. The van der Waals surface area contributed by atoms with E-state index in [4.69, 9.17) is 9.47 Å². The van der Waals surface area contributed by atoms with Gasteiger partial charge in [-0.05, 0) is 12.8 Å². The number of quaternary nitrogens is 1. The molecule has 4 nitrogen and oxygen atoms in total. The number of hydrogen-bond donors (Lipinski definition) is 0. The summed E-state index contributed by atoms with van der Waals surface area (Å²) < 4.78 is 12.3. The third-order valence-electron chi connectivity index (χ3n) is 5.60. The molecule has 0 aromatic heterocycles. The van der Waals surface area contributed by atoms with Crippen molar-refractivity contribution in [1.82, 2.24) is 4.90 Å². The molecule has 3 aliphatic rings. The van der Waals surface area contributed by atoms with Gasteiger partial charge in [0.25, 0.3) is 0 Å². The third-order valence-corrected chi connectivity index (χ3v) is 5.60. The molecule has 2 aliphatic heterocycles. The third kappa shape index (κ3) is 3.13. The van der Waals surface area contributed by atoms with Gasteiger partial charge in [0, 0.05) is 32.0 Å². The fourth-order valence-corrected chi connectivity index (χ4v) is 4.11. The Labute approximate surface area is 117 Å². The van der Waals surface area contributed by atoms with Gasteiger partial charge in [0.2, 0.25) is 0 Å². The Morgan fingerprint density at radius 1 is 0.842 bits per heavy atom. The molecule has 0 amide bonds. The number of hydrogen-bond acceptors (Lipinski definition) is 3. The minimum atomic E-state index is 0.827. The van der Waals surface area contributed by atoms with E-state index < -0.39 is 0 Å². The van der Waals surface area contributed by atoms with E-state index >= 15 is 0 Å². The van der Waals surface area contributed by atoms with Crippen molar-refractivity contribution >= 4 is 0 Å². The van der Waals surface area contributed by atoms with Gasteiger partial charge in [-0.25, -0.2) is 0 Å². The van der Waals surface area contributed by atoms with Crippen LogP contribution in [-0.4, -0.2) is 81.1 Å². The van der Waals surface area contributed by atoms with Gasteiger partial charge < -0.3 is 14.0 Å². The van der Waals surface area contributed by atoms with Crippen molar-refractivity contribution in [3.63, 3.8) is 0 Å². The van der Waals surface area contributed by atoms with Crippen molar-refractivity contribution in [3.05, 3.63) is 0 Å². The zero-order chi connectivity index (χ0) is 13.1. The number of morpholine rings is 2. The maximum atomic E-state index is 5.53. The highest BCUT2D eigenvalue weighted by molar-refractivity contribution is 4.82. The second-order valence-electron chi connectivity index (χ2n) is 6.65. The number of rotatable bonds is 2. The molecule has 0 aromatic carbocycles. The zero-order valence-corrected chi connectivity index (χ0v) is 12.4. The Morgan fingerprint density at radius 3 is 2.05 bits per heavy atom. The fraction of sp³-hybridized carbons (Fsp3) is 1.00. The maximum absolute atomic E-state index is 5.53. The summed E-state index contributed by atoms with van der Waals surface area (Å²) in [5.41, 5.74) is 0. The molecular weight excluding hydrogens is 240 g/mol. The second kappa shape index (κ2) is 6.08. The second-order valence-corrected chi connectivity index (χ2v) is 6.65. The van der Waals surface area contributed by atoms with Crippen molar-refractivity contribution in [1.29, 1.82) is 0 Å². The molecule has 0 aromatic rings. The van der Waals surface area contributed by atoms with Crippen LogP contribution in [0, 0.1) is 0 Å². The highest BCUT2D eigenvalue weighted by Gasteiger charge is 2.38. The molecule has 0 unspecified atom stereocenters. The molecule has 0 radical (unpaired) electrons. The van der Waals surface area contributed by atoms with Crippen LogP contribution in [0.15, 0.2) is 0 Å². The highest BCUT2D eigenvalue weighted by atomic mass is 16.5. The van der Waals surface area contributed by atoms with Crippen LogP contribution in [-0.2, 0) is 9.47 Å². The predicted octanol–water partition coefficient (Wildman–Crippen LogP) is 1.11. The van der Waals surface area contributed by atoms with Crippen molar-refractivity contribution in [2.75, 3.05) is 59.7 Å². The summed E-state index contributed by atoms with van der Waals surface area (Å²) in [5.74, 6) is 0. The largest absolute Gasteiger partial charge is 0.379 e. The molecule has 0 N–H and O–H groups in total. The summed E-state index contributed by atoms with van der Waals surface area (Å²) in [7, 11) is 2.45. The number of likely N-dealkylation sites (N-methyl/N-ethyl adjacent to an activating group) is 1. The van der Waals surface area contributed by atoms with Crippen LogP contribution in [0.1, 0.15) is 25.7 Å². The molecule has 19 heavy (non-hydrogen) atoms. The Kier molecular flexibility index (Phi) is 4.42. The normalized spacial score (nSPS) is 37.1. The highest BCUT2D eigenvalue weighted by Crippen LogP contribution is 2.30. The van der Waals surface area contributed by atoms with Gasteiger partial charge in [-0.2, -0.15) is 0 Å². The van der Waals surface area contributed by atoms with Crippen LogP contribution >= 0.6 is 0 Å². The standard InChI is InChI=1S/C15H29N2O2/c1-17(8-12-19-13-9-17)15-4-2-14(3-5-15)16-6-10-18-11-7-16/h14-15H,2-13H2,1H3/q+1. The lowest BCUT2D eigenvalue weighted by Crippen LogP contribution is -2.60. The van der Waals surface area contributed by atoms with Crippen LogP contribution in [0.25, 0.3) is 0 Å². The molecule has 4 heteroatoms. The molecule has 2 heterocycles. The van der Waals surface area contributed by atoms with E-state index in [-0.39, 0.29) is 0 Å². The summed E-state index contributed by atoms with van der Waals surface area (Å²) in [6.07, 6.45) is 5.58. The molecule has 110 valence electrons. The summed E-state index contributed by atoms with van der Waals surface area (Å²) >= 11 is 0.